The van der Waals surface area contributed by atoms with Crippen LogP contribution in [0.3, 0.4) is 0 Å². The lowest BCUT2D eigenvalue weighted by atomic mass is 9.87. The van der Waals surface area contributed by atoms with Crippen molar-refractivity contribution in [2.45, 2.75) is 12.3 Å². The van der Waals surface area contributed by atoms with Gasteiger partial charge in [0.1, 0.15) is 0 Å². The minimum atomic E-state index is -0.326. The minimum Gasteiger partial charge on any atom is -0.325 e. The van der Waals surface area contributed by atoms with Crippen molar-refractivity contribution in [3.8, 4) is 6.07 Å². The van der Waals surface area contributed by atoms with Crippen molar-refractivity contribution in [1.82, 2.24) is 5.32 Å². The maximum atomic E-state index is 12.2. The summed E-state index contributed by atoms with van der Waals surface area (Å²) >= 11 is 7.93. The molecule has 142 valence electrons. The molecule has 3 rings (SSSR count). The van der Waals surface area contributed by atoms with Crippen molar-refractivity contribution in [2.75, 3.05) is 11.1 Å². The van der Waals surface area contributed by atoms with E-state index in [0.717, 1.165) is 26.3 Å². The molecule has 0 unspecified atom stereocenters. The van der Waals surface area contributed by atoms with Gasteiger partial charge < -0.3 is 10.6 Å². The van der Waals surface area contributed by atoms with E-state index in [0.29, 0.717) is 16.3 Å². The number of anilines is 1. The van der Waals surface area contributed by atoms with E-state index in [2.05, 4.69) is 48.6 Å². The average molecular weight is 521 g/mol. The van der Waals surface area contributed by atoms with Gasteiger partial charge in [0.25, 0.3) is 0 Å². The topological polar surface area (TPSA) is 82.0 Å². The Morgan fingerprint density at radius 1 is 1.21 bits per heavy atom. The summed E-state index contributed by atoms with van der Waals surface area (Å²) in [5.74, 6) is -0.619. The van der Waals surface area contributed by atoms with Crippen LogP contribution in [0.4, 0.5) is 5.69 Å². The third kappa shape index (κ3) is 5.25. The van der Waals surface area contributed by atoms with E-state index in [4.69, 9.17) is 0 Å². The van der Waals surface area contributed by atoms with Gasteiger partial charge >= 0.3 is 0 Å². The van der Waals surface area contributed by atoms with E-state index in [1.165, 1.54) is 0 Å². The van der Waals surface area contributed by atoms with Gasteiger partial charge in [0.05, 0.1) is 22.4 Å². The number of nitrogens with one attached hydrogen (secondary N) is 2. The van der Waals surface area contributed by atoms with Crippen molar-refractivity contribution >= 4 is 61.1 Å². The molecule has 2 aromatic rings. The predicted octanol–water partition coefficient (Wildman–Crippen LogP) is 4.92. The molecular formula is C20H15Br2N3O2S. The lowest BCUT2D eigenvalue weighted by Crippen LogP contribution is -2.31. The Labute approximate surface area is 183 Å². The summed E-state index contributed by atoms with van der Waals surface area (Å²) in [4.78, 5) is 24.4. The highest BCUT2D eigenvalue weighted by molar-refractivity contribution is 9.10. The van der Waals surface area contributed by atoms with E-state index in [1.807, 2.05) is 36.4 Å². The lowest BCUT2D eigenvalue weighted by molar-refractivity contribution is -0.121. The molecule has 5 nitrogen and oxygen atoms in total. The van der Waals surface area contributed by atoms with Gasteiger partial charge in [-0.2, -0.15) is 5.26 Å². The molecule has 8 heteroatoms. The number of hydrogen-bond donors (Lipinski definition) is 2. The highest BCUT2D eigenvalue weighted by Gasteiger charge is 2.30. The van der Waals surface area contributed by atoms with Crippen LogP contribution in [-0.4, -0.2) is 17.6 Å². The smallest absolute Gasteiger partial charge is 0.234 e. The third-order valence-corrected chi connectivity index (χ3v) is 6.12. The normalized spacial score (nSPS) is 16.3. The van der Waals surface area contributed by atoms with Crippen LogP contribution < -0.4 is 10.6 Å². The monoisotopic (exact) mass is 519 g/mol. The number of hydrogen-bond acceptors (Lipinski definition) is 4. The zero-order chi connectivity index (χ0) is 20.1. The second kappa shape index (κ2) is 9.41. The van der Waals surface area contributed by atoms with Crippen LogP contribution in [0.1, 0.15) is 17.9 Å². The highest BCUT2D eigenvalue weighted by Crippen LogP contribution is 2.36. The van der Waals surface area contributed by atoms with Crippen LogP contribution in [0.5, 0.6) is 0 Å². The molecule has 0 aliphatic carbocycles. The van der Waals surface area contributed by atoms with Crippen LogP contribution >= 0.6 is 43.6 Å². The van der Waals surface area contributed by atoms with Gasteiger partial charge in [-0.25, -0.2) is 0 Å². The summed E-state index contributed by atoms with van der Waals surface area (Å²) in [6.07, 6.45) is 0.203. The number of carbonyl (C=O) groups is 2. The van der Waals surface area contributed by atoms with Crippen molar-refractivity contribution in [1.29, 1.82) is 5.26 Å². The zero-order valence-electron chi connectivity index (χ0n) is 14.5. The molecule has 0 aromatic heterocycles. The third-order valence-electron chi connectivity index (χ3n) is 4.08. The number of thioether (sulfide) groups is 1. The van der Waals surface area contributed by atoms with Gasteiger partial charge in [0.2, 0.25) is 11.8 Å². The van der Waals surface area contributed by atoms with Crippen molar-refractivity contribution < 1.29 is 9.59 Å². The maximum absolute atomic E-state index is 12.2. The number of nitrogens with zero attached hydrogens (tertiary/aromatic N) is 1. The quantitative estimate of drug-likeness (QED) is 0.586. The second-order valence-corrected chi connectivity index (χ2v) is 8.88. The number of allylic oxidation sites excluding steroid dienone is 1. The Morgan fingerprint density at radius 2 is 1.96 bits per heavy atom. The number of rotatable bonds is 5. The molecule has 28 heavy (non-hydrogen) atoms. The summed E-state index contributed by atoms with van der Waals surface area (Å²) < 4.78 is 1.81. The van der Waals surface area contributed by atoms with E-state index in [1.54, 1.807) is 12.1 Å². The van der Waals surface area contributed by atoms with E-state index >= 15 is 0 Å². The van der Waals surface area contributed by atoms with Gasteiger partial charge in [-0.15, -0.1) is 0 Å². The first-order valence-electron chi connectivity index (χ1n) is 8.34. The largest absolute Gasteiger partial charge is 0.325 e. The Hall–Kier alpha value is -2.08. The molecule has 0 spiro atoms. The fraction of sp³-hybridized carbons (Fsp3) is 0.150. The summed E-state index contributed by atoms with van der Waals surface area (Å²) in [5, 5.41) is 15.7. The summed E-state index contributed by atoms with van der Waals surface area (Å²) in [6, 6.07) is 17.0. The molecule has 2 N–H and O–H groups in total. The molecule has 0 fully saturated rings. The van der Waals surface area contributed by atoms with Crippen LogP contribution in [0.25, 0.3) is 0 Å². The number of carbonyl (C=O) groups excluding carboxylic acids is 2. The molecule has 0 saturated carbocycles. The Kier molecular flexibility index (Phi) is 6.94. The Balaban J connectivity index is 1.74. The number of benzene rings is 2. The number of amides is 2. The van der Waals surface area contributed by atoms with Crippen molar-refractivity contribution in [3.63, 3.8) is 0 Å². The fourth-order valence-corrected chi connectivity index (χ4v) is 4.37. The van der Waals surface area contributed by atoms with Crippen LogP contribution in [0.2, 0.25) is 0 Å². The fourth-order valence-electron chi connectivity index (χ4n) is 2.81. The second-order valence-electron chi connectivity index (χ2n) is 6.06. The number of halogens is 2. The Morgan fingerprint density at radius 3 is 2.64 bits per heavy atom. The first-order valence-corrected chi connectivity index (χ1v) is 10.9. The molecule has 0 bridgehead atoms. The summed E-state index contributed by atoms with van der Waals surface area (Å²) in [7, 11) is 0. The van der Waals surface area contributed by atoms with Crippen LogP contribution in [0.15, 0.2) is 68.1 Å². The molecule has 1 heterocycles. The molecule has 2 aromatic carbocycles. The van der Waals surface area contributed by atoms with E-state index in [-0.39, 0.29) is 29.9 Å². The predicted molar refractivity (Wildman–Crippen MR) is 118 cm³/mol. The highest BCUT2D eigenvalue weighted by atomic mass is 79.9. The molecule has 2 amide bonds. The number of nitriles is 1. The summed E-state index contributed by atoms with van der Waals surface area (Å²) in [5.41, 5.74) is 2.04. The minimum absolute atomic E-state index is 0.0854. The summed E-state index contributed by atoms with van der Waals surface area (Å²) in [6.45, 7) is 0. The van der Waals surface area contributed by atoms with Gasteiger partial charge in [-0.1, -0.05) is 55.8 Å². The SMILES string of the molecule is N#CC1=C(SCC(=O)Nc2ccc(Br)cc2)NC(=O)C[C@@H]1c1cccc(Br)c1. The molecule has 1 atom stereocenters. The zero-order valence-corrected chi connectivity index (χ0v) is 18.5. The average Bonchev–Trinajstić information content (AvgIpc) is 2.67. The van der Waals surface area contributed by atoms with E-state index in [9.17, 15) is 14.9 Å². The van der Waals surface area contributed by atoms with Crippen LogP contribution in [-0.2, 0) is 9.59 Å². The standard InChI is InChI=1S/C20H15Br2N3O2S/c21-13-4-6-15(7-5-13)24-19(27)11-28-20-17(10-23)16(9-18(26)25-20)12-2-1-3-14(22)8-12/h1-8,16H,9,11H2,(H,24,27)(H,25,26)/t16-/m1/s1. The van der Waals surface area contributed by atoms with Gasteiger partial charge in [0, 0.05) is 27.0 Å². The van der Waals surface area contributed by atoms with Crippen LogP contribution in [0, 0.1) is 11.3 Å². The molecule has 1 aliphatic heterocycles. The van der Waals surface area contributed by atoms with Gasteiger partial charge in [-0.3, -0.25) is 9.59 Å². The molecule has 0 radical (unpaired) electrons. The first kappa shape index (κ1) is 20.6. The van der Waals surface area contributed by atoms with Crippen molar-refractivity contribution in [3.05, 3.63) is 73.6 Å². The lowest BCUT2D eigenvalue weighted by Gasteiger charge is -2.25. The first-order chi connectivity index (χ1) is 13.5. The van der Waals surface area contributed by atoms with Gasteiger partial charge in [0.15, 0.2) is 0 Å². The van der Waals surface area contributed by atoms with Crippen molar-refractivity contribution in [2.24, 2.45) is 0 Å². The molecule has 1 aliphatic rings. The van der Waals surface area contributed by atoms with Gasteiger partial charge in [-0.05, 0) is 42.0 Å². The van der Waals surface area contributed by atoms with E-state index < -0.39 is 0 Å². The molecular weight excluding hydrogens is 506 g/mol. The Bertz CT molecular complexity index is 984. The molecule has 0 saturated heterocycles. The maximum Gasteiger partial charge on any atom is 0.234 e.